The first-order valence-electron chi connectivity index (χ1n) is 5.17. The van der Waals surface area contributed by atoms with Gasteiger partial charge in [-0.3, -0.25) is 5.43 Å². The van der Waals surface area contributed by atoms with E-state index in [1.54, 1.807) is 6.20 Å². The summed E-state index contributed by atoms with van der Waals surface area (Å²) in [7, 11) is 0. The lowest BCUT2D eigenvalue weighted by molar-refractivity contribution is 0.606. The number of nitrogen functional groups attached to an aromatic ring is 1. The first-order chi connectivity index (χ1) is 7.13. The highest BCUT2D eigenvalue weighted by Crippen LogP contribution is 2.12. The van der Waals surface area contributed by atoms with E-state index in [0.29, 0.717) is 11.9 Å². The normalized spacial score (nSPS) is 10.5. The molecule has 0 amide bonds. The van der Waals surface area contributed by atoms with Gasteiger partial charge in [-0.15, -0.1) is 0 Å². The lowest BCUT2D eigenvalue weighted by atomic mass is 10.1. The molecule has 4 N–H and O–H groups in total. The van der Waals surface area contributed by atoms with E-state index in [1.807, 2.05) is 6.92 Å². The molecule has 0 bridgehead atoms. The van der Waals surface area contributed by atoms with Crippen LogP contribution >= 0.6 is 0 Å². The summed E-state index contributed by atoms with van der Waals surface area (Å²) >= 11 is 0. The van der Waals surface area contributed by atoms with Crippen molar-refractivity contribution in [1.29, 1.82) is 0 Å². The number of hydrogen-bond acceptors (Lipinski definition) is 5. The molecule has 0 spiro atoms. The van der Waals surface area contributed by atoms with Crippen molar-refractivity contribution in [3.05, 3.63) is 11.8 Å². The molecule has 5 heteroatoms. The van der Waals surface area contributed by atoms with Crippen molar-refractivity contribution in [2.24, 2.45) is 11.8 Å². The van der Waals surface area contributed by atoms with Crippen LogP contribution in [-0.2, 0) is 0 Å². The van der Waals surface area contributed by atoms with Crippen LogP contribution in [0, 0.1) is 12.8 Å². The predicted molar refractivity (Wildman–Crippen MR) is 62.5 cm³/mol. The molecule has 1 rings (SSSR count). The summed E-state index contributed by atoms with van der Waals surface area (Å²) in [6.45, 7) is 7.28. The molecule has 0 unspecified atom stereocenters. The number of aromatic nitrogens is 2. The Hall–Kier alpha value is -1.36. The molecular formula is C10H19N5. The van der Waals surface area contributed by atoms with Crippen molar-refractivity contribution in [3.63, 3.8) is 0 Å². The number of aryl methyl sites for hydroxylation is 1. The molecule has 5 nitrogen and oxygen atoms in total. The van der Waals surface area contributed by atoms with Crippen LogP contribution in [0.3, 0.4) is 0 Å². The summed E-state index contributed by atoms with van der Waals surface area (Å²) in [4.78, 5) is 8.24. The van der Waals surface area contributed by atoms with E-state index >= 15 is 0 Å². The Morgan fingerprint density at radius 1 is 1.47 bits per heavy atom. The van der Waals surface area contributed by atoms with Crippen molar-refractivity contribution >= 4 is 11.8 Å². The first-order valence-corrected chi connectivity index (χ1v) is 5.17. The van der Waals surface area contributed by atoms with Crippen molar-refractivity contribution in [2.45, 2.75) is 27.2 Å². The van der Waals surface area contributed by atoms with Crippen molar-refractivity contribution in [3.8, 4) is 0 Å². The maximum Gasteiger partial charge on any atom is 0.239 e. The zero-order valence-electron chi connectivity index (χ0n) is 9.54. The van der Waals surface area contributed by atoms with Gasteiger partial charge in [0.15, 0.2) is 0 Å². The van der Waals surface area contributed by atoms with Gasteiger partial charge < -0.3 is 5.32 Å². The summed E-state index contributed by atoms with van der Waals surface area (Å²) in [5.74, 6) is 7.21. The summed E-state index contributed by atoms with van der Waals surface area (Å²) in [6, 6.07) is 0. The second-order valence-electron chi connectivity index (χ2n) is 3.98. The maximum absolute atomic E-state index is 5.24. The van der Waals surface area contributed by atoms with Gasteiger partial charge >= 0.3 is 0 Å². The van der Waals surface area contributed by atoms with Gasteiger partial charge in [-0.25, -0.2) is 10.8 Å². The second-order valence-corrected chi connectivity index (χ2v) is 3.98. The van der Waals surface area contributed by atoms with Crippen LogP contribution in [0.25, 0.3) is 0 Å². The fraction of sp³-hybridized carbons (Fsp3) is 0.600. The monoisotopic (exact) mass is 209 g/mol. The average Bonchev–Trinajstić information content (AvgIpc) is 2.20. The van der Waals surface area contributed by atoms with Gasteiger partial charge in [0.25, 0.3) is 0 Å². The Balaban J connectivity index is 2.59. The topological polar surface area (TPSA) is 75.9 Å². The number of rotatable bonds is 5. The van der Waals surface area contributed by atoms with Crippen LogP contribution in [0.1, 0.15) is 25.8 Å². The third kappa shape index (κ3) is 3.71. The van der Waals surface area contributed by atoms with Gasteiger partial charge in [0.05, 0.1) is 0 Å². The van der Waals surface area contributed by atoms with Gasteiger partial charge in [-0.1, -0.05) is 13.8 Å². The SMILES string of the molecule is Cc1cnc(NN)nc1NCCC(C)C. The van der Waals surface area contributed by atoms with E-state index in [1.165, 1.54) is 0 Å². The van der Waals surface area contributed by atoms with Crippen LogP contribution in [0.15, 0.2) is 6.20 Å². The lowest BCUT2D eigenvalue weighted by Crippen LogP contribution is -2.13. The maximum atomic E-state index is 5.24. The van der Waals surface area contributed by atoms with E-state index in [2.05, 4.69) is 34.6 Å². The van der Waals surface area contributed by atoms with E-state index in [4.69, 9.17) is 5.84 Å². The Bertz CT molecular complexity index is 311. The third-order valence-electron chi connectivity index (χ3n) is 2.11. The van der Waals surface area contributed by atoms with Crippen LogP contribution in [-0.4, -0.2) is 16.5 Å². The smallest absolute Gasteiger partial charge is 0.239 e. The second kappa shape index (κ2) is 5.50. The molecule has 0 fully saturated rings. The Morgan fingerprint density at radius 2 is 2.20 bits per heavy atom. The van der Waals surface area contributed by atoms with Gasteiger partial charge in [-0.05, 0) is 19.3 Å². The predicted octanol–water partition coefficient (Wildman–Crippen LogP) is 1.53. The summed E-state index contributed by atoms with van der Waals surface area (Å²) in [5.41, 5.74) is 3.46. The highest BCUT2D eigenvalue weighted by atomic mass is 15.3. The summed E-state index contributed by atoms with van der Waals surface area (Å²) in [6.07, 6.45) is 2.87. The average molecular weight is 209 g/mol. The lowest BCUT2D eigenvalue weighted by Gasteiger charge is -2.10. The number of hydrogen-bond donors (Lipinski definition) is 3. The van der Waals surface area contributed by atoms with Crippen molar-refractivity contribution < 1.29 is 0 Å². The quantitative estimate of drug-likeness (QED) is 0.506. The molecule has 0 radical (unpaired) electrons. The number of nitrogens with zero attached hydrogens (tertiary/aromatic N) is 2. The van der Waals surface area contributed by atoms with Gasteiger partial charge in [0.2, 0.25) is 5.95 Å². The molecule has 1 aromatic rings. The molecule has 0 saturated carbocycles. The molecule has 1 aromatic heterocycles. The van der Waals surface area contributed by atoms with Crippen LogP contribution in [0.5, 0.6) is 0 Å². The minimum Gasteiger partial charge on any atom is -0.370 e. The van der Waals surface area contributed by atoms with E-state index < -0.39 is 0 Å². The van der Waals surface area contributed by atoms with Gasteiger partial charge in [-0.2, -0.15) is 4.98 Å². The van der Waals surface area contributed by atoms with Gasteiger partial charge in [0, 0.05) is 18.3 Å². The number of hydrazine groups is 1. The van der Waals surface area contributed by atoms with Crippen LogP contribution in [0.4, 0.5) is 11.8 Å². The Labute approximate surface area is 90.5 Å². The highest BCUT2D eigenvalue weighted by Gasteiger charge is 2.02. The molecule has 0 aliphatic carbocycles. The fourth-order valence-corrected chi connectivity index (χ4v) is 1.17. The minimum atomic E-state index is 0.438. The van der Waals surface area contributed by atoms with Crippen molar-refractivity contribution in [2.75, 3.05) is 17.3 Å². The third-order valence-corrected chi connectivity index (χ3v) is 2.11. The largest absolute Gasteiger partial charge is 0.370 e. The fourth-order valence-electron chi connectivity index (χ4n) is 1.17. The standard InChI is InChI=1S/C10H19N5/c1-7(2)4-5-12-9-8(3)6-13-10(14-9)15-11/h6-7H,4-5,11H2,1-3H3,(H2,12,13,14,15). The van der Waals surface area contributed by atoms with Gasteiger partial charge in [0.1, 0.15) is 5.82 Å². The van der Waals surface area contributed by atoms with E-state index in [9.17, 15) is 0 Å². The molecule has 0 aromatic carbocycles. The molecular weight excluding hydrogens is 190 g/mol. The first kappa shape index (κ1) is 11.7. The minimum absolute atomic E-state index is 0.438. The molecule has 1 heterocycles. The molecule has 0 aliphatic rings. The van der Waals surface area contributed by atoms with E-state index in [-0.39, 0.29) is 0 Å². The number of nitrogens with one attached hydrogen (secondary N) is 2. The Morgan fingerprint density at radius 3 is 2.80 bits per heavy atom. The zero-order chi connectivity index (χ0) is 11.3. The molecule has 0 atom stereocenters. The molecule has 0 aliphatic heterocycles. The van der Waals surface area contributed by atoms with E-state index in [0.717, 1.165) is 24.3 Å². The summed E-state index contributed by atoms with van der Waals surface area (Å²) < 4.78 is 0. The molecule has 0 saturated heterocycles. The van der Waals surface area contributed by atoms with Crippen LogP contribution < -0.4 is 16.6 Å². The Kier molecular flexibility index (Phi) is 4.30. The zero-order valence-corrected chi connectivity index (χ0v) is 9.54. The summed E-state index contributed by atoms with van der Waals surface area (Å²) in [5, 5.41) is 3.27. The van der Waals surface area contributed by atoms with Crippen LogP contribution in [0.2, 0.25) is 0 Å². The number of anilines is 2. The number of nitrogens with two attached hydrogens (primary N) is 1. The molecule has 84 valence electrons. The highest BCUT2D eigenvalue weighted by molar-refractivity contribution is 5.45. The van der Waals surface area contributed by atoms with Crippen molar-refractivity contribution in [1.82, 2.24) is 9.97 Å². The molecule has 15 heavy (non-hydrogen) atoms.